The second kappa shape index (κ2) is 7.11. The van der Waals surface area contributed by atoms with Gasteiger partial charge in [-0.1, -0.05) is 53.8 Å². The van der Waals surface area contributed by atoms with Crippen molar-refractivity contribution in [3.8, 4) is 5.75 Å². The van der Waals surface area contributed by atoms with Crippen molar-refractivity contribution in [1.29, 1.82) is 0 Å². The van der Waals surface area contributed by atoms with Crippen molar-refractivity contribution >= 4 is 44.3 Å². The van der Waals surface area contributed by atoms with Gasteiger partial charge in [-0.05, 0) is 42.0 Å². The van der Waals surface area contributed by atoms with Gasteiger partial charge >= 0.3 is 0 Å². The Hall–Kier alpha value is -3.90. The molecule has 0 aliphatic rings. The normalized spacial score (nSPS) is 12.3. The molecular weight excluding hydrogens is 406 g/mol. The molecule has 1 N–H and O–H groups in total. The first-order chi connectivity index (χ1) is 15.3. The first-order valence-corrected chi connectivity index (χ1v) is 10.8. The first-order valence-electron chi connectivity index (χ1n) is 9.96. The Morgan fingerprint density at radius 2 is 1.87 bits per heavy atom. The molecule has 6 heteroatoms. The maximum atomic E-state index is 13.1. The van der Waals surface area contributed by atoms with Crippen LogP contribution in [0.5, 0.6) is 5.75 Å². The zero-order chi connectivity index (χ0) is 20.8. The quantitative estimate of drug-likeness (QED) is 0.454. The van der Waals surface area contributed by atoms with Gasteiger partial charge in [-0.25, -0.2) is 9.38 Å². The molecule has 0 aliphatic heterocycles. The van der Waals surface area contributed by atoms with Crippen molar-refractivity contribution in [2.24, 2.45) is 0 Å². The van der Waals surface area contributed by atoms with E-state index in [1.165, 1.54) is 11.3 Å². The van der Waals surface area contributed by atoms with Gasteiger partial charge in [0.05, 0.1) is 15.6 Å². The maximum absolute atomic E-state index is 13.1. The summed E-state index contributed by atoms with van der Waals surface area (Å²) >= 11 is 1.41. The summed E-state index contributed by atoms with van der Waals surface area (Å²) in [6, 6.07) is 23.8. The molecule has 0 saturated heterocycles. The van der Waals surface area contributed by atoms with Crippen LogP contribution < -0.4 is 14.8 Å². The molecule has 0 atom stereocenters. The van der Waals surface area contributed by atoms with E-state index < -0.39 is 0 Å². The van der Waals surface area contributed by atoms with E-state index in [1.54, 1.807) is 4.40 Å². The molecule has 6 rings (SSSR count). The molecule has 3 aromatic carbocycles. The summed E-state index contributed by atoms with van der Waals surface area (Å²) in [5.41, 5.74) is 4.70. The highest BCUT2D eigenvalue weighted by molar-refractivity contribution is 7.15. The Kier molecular flexibility index (Phi) is 4.11. The highest BCUT2D eigenvalue weighted by atomic mass is 32.1. The third-order valence-electron chi connectivity index (χ3n) is 5.37. The lowest BCUT2D eigenvalue weighted by Gasteiger charge is -2.06. The third kappa shape index (κ3) is 3.08. The monoisotopic (exact) mass is 423 g/mol. The van der Waals surface area contributed by atoms with Gasteiger partial charge in [-0.2, -0.15) is 0 Å². The fourth-order valence-corrected chi connectivity index (χ4v) is 4.80. The number of hydrogen-bond donors (Lipinski definition) is 1. The smallest absolute Gasteiger partial charge is 0.274 e. The minimum Gasteiger partial charge on any atom is -0.489 e. The van der Waals surface area contributed by atoms with Crippen molar-refractivity contribution in [3.05, 3.63) is 105 Å². The Morgan fingerprint density at radius 3 is 2.77 bits per heavy atom. The van der Waals surface area contributed by atoms with Crippen LogP contribution in [0.3, 0.4) is 0 Å². The van der Waals surface area contributed by atoms with E-state index in [9.17, 15) is 4.79 Å². The summed E-state index contributed by atoms with van der Waals surface area (Å²) < 4.78 is 8.33. The van der Waals surface area contributed by atoms with Crippen LogP contribution in [-0.4, -0.2) is 14.4 Å². The summed E-state index contributed by atoms with van der Waals surface area (Å²) in [7, 11) is 0. The van der Waals surface area contributed by atoms with Crippen LogP contribution in [0.25, 0.3) is 33.0 Å². The van der Waals surface area contributed by atoms with E-state index in [4.69, 9.17) is 4.74 Å². The van der Waals surface area contributed by atoms with E-state index in [0.717, 1.165) is 38.8 Å². The zero-order valence-electron chi connectivity index (χ0n) is 16.4. The number of para-hydroxylation sites is 2. The van der Waals surface area contributed by atoms with E-state index in [1.807, 2.05) is 85.1 Å². The van der Waals surface area contributed by atoms with Gasteiger partial charge in [0, 0.05) is 22.7 Å². The third-order valence-corrected chi connectivity index (χ3v) is 6.33. The van der Waals surface area contributed by atoms with E-state index in [2.05, 4.69) is 9.97 Å². The molecule has 150 valence electrons. The van der Waals surface area contributed by atoms with Gasteiger partial charge < -0.3 is 9.72 Å². The Bertz CT molecular complexity index is 1660. The molecule has 0 spiro atoms. The molecule has 0 unspecified atom stereocenters. The average molecular weight is 423 g/mol. The number of fused-ring (bicyclic) bond motifs is 4. The molecule has 6 aromatic rings. The highest BCUT2D eigenvalue weighted by Gasteiger charge is 2.11. The van der Waals surface area contributed by atoms with Gasteiger partial charge in [-0.3, -0.25) is 4.79 Å². The summed E-state index contributed by atoms with van der Waals surface area (Å²) in [5.74, 6) is 0.792. The van der Waals surface area contributed by atoms with Crippen LogP contribution in [0.2, 0.25) is 0 Å². The average Bonchev–Trinajstić information content (AvgIpc) is 3.46. The van der Waals surface area contributed by atoms with Crippen LogP contribution >= 0.6 is 11.3 Å². The summed E-state index contributed by atoms with van der Waals surface area (Å²) in [4.78, 5) is 21.6. The van der Waals surface area contributed by atoms with Crippen LogP contribution in [0.4, 0.5) is 0 Å². The molecule has 0 bridgehead atoms. The number of H-pyrrole nitrogens is 1. The molecule has 3 aromatic heterocycles. The van der Waals surface area contributed by atoms with Crippen LogP contribution in [0.1, 0.15) is 11.1 Å². The van der Waals surface area contributed by atoms with Crippen LogP contribution in [-0.2, 0) is 6.61 Å². The number of benzene rings is 3. The zero-order valence-corrected chi connectivity index (χ0v) is 17.2. The van der Waals surface area contributed by atoms with Crippen molar-refractivity contribution < 1.29 is 4.74 Å². The van der Waals surface area contributed by atoms with Gasteiger partial charge in [0.1, 0.15) is 12.4 Å². The van der Waals surface area contributed by atoms with Gasteiger partial charge in [0.15, 0.2) is 4.96 Å². The summed E-state index contributed by atoms with van der Waals surface area (Å²) in [6.07, 6.45) is 3.85. The topological polar surface area (TPSA) is 59.4 Å². The molecule has 0 fully saturated rings. The standard InChI is InChI=1S/C25H17N3O2S/c29-24-23(31-25-27-21-8-4-5-9-22(21)28(24)25)12-17-14-26-20-11-10-18(13-19(17)20)30-15-16-6-2-1-3-7-16/h1-14,26H,15H2. The van der Waals surface area contributed by atoms with Gasteiger partial charge in [-0.15, -0.1) is 0 Å². The van der Waals surface area contributed by atoms with E-state index in [-0.39, 0.29) is 5.56 Å². The van der Waals surface area contributed by atoms with E-state index in [0.29, 0.717) is 16.1 Å². The molecule has 0 saturated carbocycles. The molecule has 0 amide bonds. The van der Waals surface area contributed by atoms with Crippen molar-refractivity contribution in [2.75, 3.05) is 0 Å². The fraction of sp³-hybridized carbons (Fsp3) is 0.0400. The number of imidazole rings is 1. The number of thiazole rings is 1. The van der Waals surface area contributed by atoms with E-state index >= 15 is 0 Å². The Labute approximate surface area is 180 Å². The number of nitrogens with zero attached hydrogens (tertiary/aromatic N) is 2. The van der Waals surface area contributed by atoms with Crippen molar-refractivity contribution in [3.63, 3.8) is 0 Å². The number of nitrogens with one attached hydrogen (secondary N) is 1. The van der Waals surface area contributed by atoms with Gasteiger partial charge in [0.25, 0.3) is 5.56 Å². The Balaban J connectivity index is 1.41. The van der Waals surface area contributed by atoms with Crippen LogP contribution in [0, 0.1) is 0 Å². The molecule has 31 heavy (non-hydrogen) atoms. The first kappa shape index (κ1) is 17.9. The molecule has 0 aliphatic carbocycles. The minimum atomic E-state index is -0.0421. The van der Waals surface area contributed by atoms with Gasteiger partial charge in [0.2, 0.25) is 0 Å². The second-order valence-corrected chi connectivity index (χ2v) is 8.37. The number of rotatable bonds is 4. The highest BCUT2D eigenvalue weighted by Crippen LogP contribution is 2.25. The molecule has 0 radical (unpaired) electrons. The fourth-order valence-electron chi connectivity index (χ4n) is 3.82. The molecule has 3 heterocycles. The lowest BCUT2D eigenvalue weighted by molar-refractivity contribution is 0.306. The van der Waals surface area contributed by atoms with Crippen molar-refractivity contribution in [2.45, 2.75) is 6.61 Å². The lowest BCUT2D eigenvalue weighted by Crippen LogP contribution is -2.22. The lowest BCUT2D eigenvalue weighted by atomic mass is 10.1. The SMILES string of the molecule is O=c1c(=Cc2c[nH]c3ccc(OCc4ccccc4)cc23)sc2nc3ccccc3n12. The molecular formula is C25H17N3O2S. The number of hydrogen-bond acceptors (Lipinski definition) is 4. The second-order valence-electron chi connectivity index (χ2n) is 7.36. The predicted octanol–water partition coefficient (Wildman–Crippen LogP) is 4.52. The number of aromatic nitrogens is 3. The van der Waals surface area contributed by atoms with Crippen LogP contribution in [0.15, 0.2) is 83.8 Å². The predicted molar refractivity (Wildman–Crippen MR) is 125 cm³/mol. The van der Waals surface area contributed by atoms with Crippen molar-refractivity contribution in [1.82, 2.24) is 14.4 Å². The Morgan fingerprint density at radius 1 is 1.03 bits per heavy atom. The maximum Gasteiger partial charge on any atom is 0.274 e. The summed E-state index contributed by atoms with van der Waals surface area (Å²) in [5, 5.41) is 1.01. The number of aromatic amines is 1. The largest absolute Gasteiger partial charge is 0.489 e. The molecule has 5 nitrogen and oxygen atoms in total. The minimum absolute atomic E-state index is 0.0421. The summed E-state index contributed by atoms with van der Waals surface area (Å²) in [6.45, 7) is 0.510. The number of ether oxygens (including phenoxy) is 1.